The number of halogens is 2. The first kappa shape index (κ1) is 17.7. The number of ether oxygens (including phenoxy) is 1. The summed E-state index contributed by atoms with van der Waals surface area (Å²) < 4.78 is 9.14. The molecule has 2 aromatic carbocycles. The van der Waals surface area contributed by atoms with Gasteiger partial charge in [0.25, 0.3) is 0 Å². The molecular weight excluding hydrogens is 408 g/mol. The monoisotopic (exact) mass is 422 g/mol. The van der Waals surface area contributed by atoms with Crippen LogP contribution in [0.1, 0.15) is 16.7 Å². The van der Waals surface area contributed by atoms with Gasteiger partial charge in [-0.15, -0.1) is 0 Å². The number of hydrogen-bond donors (Lipinski definition) is 0. The van der Waals surface area contributed by atoms with Gasteiger partial charge in [-0.2, -0.15) is 9.36 Å². The highest BCUT2D eigenvalue weighted by molar-refractivity contribution is 9.10. The van der Waals surface area contributed by atoms with Crippen molar-refractivity contribution in [2.45, 2.75) is 20.5 Å². The Morgan fingerprint density at radius 3 is 2.60 bits per heavy atom. The van der Waals surface area contributed by atoms with Crippen molar-refractivity contribution in [3.8, 4) is 11.4 Å². The van der Waals surface area contributed by atoms with Gasteiger partial charge in [-0.05, 0) is 59.7 Å². The van der Waals surface area contributed by atoms with Gasteiger partial charge in [0.2, 0.25) is 0 Å². The van der Waals surface area contributed by atoms with E-state index >= 15 is 0 Å². The standard InChI is InChI=1S/C17H16BrClN4O2/c1-10-7-14(19)16(8-11(10)2)25-9-12-13(18)5-4-6-15(12)23-17(24)22(3)20-21-23/h4-8H,9H2,1-3H3. The molecule has 0 unspecified atom stereocenters. The summed E-state index contributed by atoms with van der Waals surface area (Å²) in [5.74, 6) is 0.595. The smallest absolute Gasteiger partial charge is 0.368 e. The second-order valence-electron chi connectivity index (χ2n) is 5.69. The van der Waals surface area contributed by atoms with Crippen LogP contribution in [0.3, 0.4) is 0 Å². The molecule has 130 valence electrons. The van der Waals surface area contributed by atoms with Gasteiger partial charge in [0.15, 0.2) is 0 Å². The maximum absolute atomic E-state index is 12.2. The van der Waals surface area contributed by atoms with E-state index in [1.807, 2.05) is 38.1 Å². The summed E-state index contributed by atoms with van der Waals surface area (Å²) in [5.41, 5.74) is 3.25. The van der Waals surface area contributed by atoms with Crippen molar-refractivity contribution < 1.29 is 4.74 Å². The van der Waals surface area contributed by atoms with Crippen LogP contribution in [0, 0.1) is 13.8 Å². The Labute approximate surface area is 158 Å². The molecule has 0 aliphatic carbocycles. The van der Waals surface area contributed by atoms with Crippen molar-refractivity contribution in [2.75, 3.05) is 0 Å². The van der Waals surface area contributed by atoms with Crippen LogP contribution in [-0.2, 0) is 13.7 Å². The van der Waals surface area contributed by atoms with Gasteiger partial charge in [-0.1, -0.05) is 33.6 Å². The molecule has 0 fully saturated rings. The van der Waals surface area contributed by atoms with Gasteiger partial charge in [0.05, 0.1) is 10.7 Å². The first-order valence-corrected chi connectivity index (χ1v) is 8.72. The number of nitrogens with zero attached hydrogens (tertiary/aromatic N) is 4. The topological polar surface area (TPSA) is 61.9 Å². The fraction of sp³-hybridized carbons (Fsp3) is 0.235. The number of rotatable bonds is 4. The van der Waals surface area contributed by atoms with Crippen molar-refractivity contribution in [2.24, 2.45) is 7.05 Å². The number of aromatic nitrogens is 4. The lowest BCUT2D eigenvalue weighted by molar-refractivity contribution is 0.304. The molecule has 8 heteroatoms. The molecule has 6 nitrogen and oxygen atoms in total. The van der Waals surface area contributed by atoms with Gasteiger partial charge >= 0.3 is 5.69 Å². The van der Waals surface area contributed by atoms with E-state index in [9.17, 15) is 4.79 Å². The molecule has 0 amide bonds. The van der Waals surface area contributed by atoms with Crippen LogP contribution in [0.15, 0.2) is 39.6 Å². The molecule has 0 aliphatic heterocycles. The third-order valence-corrected chi connectivity index (χ3v) is 5.00. The number of aryl methyl sites for hydroxylation is 3. The molecule has 0 atom stereocenters. The fourth-order valence-corrected chi connectivity index (χ4v) is 3.11. The quantitative estimate of drug-likeness (QED) is 0.643. The summed E-state index contributed by atoms with van der Waals surface area (Å²) in [6, 6.07) is 9.28. The van der Waals surface area contributed by atoms with Crippen molar-refractivity contribution in [3.63, 3.8) is 0 Å². The zero-order chi connectivity index (χ0) is 18.1. The number of hydrogen-bond acceptors (Lipinski definition) is 4. The summed E-state index contributed by atoms with van der Waals surface area (Å²) in [6.45, 7) is 4.22. The Morgan fingerprint density at radius 2 is 1.92 bits per heavy atom. The van der Waals surface area contributed by atoms with Crippen LogP contribution in [-0.4, -0.2) is 19.8 Å². The van der Waals surface area contributed by atoms with Crippen molar-refractivity contribution >= 4 is 27.5 Å². The molecule has 0 saturated carbocycles. The SMILES string of the molecule is Cc1cc(Cl)c(OCc2c(Br)cccc2-n2nnn(C)c2=O)cc1C. The molecule has 3 aromatic rings. The summed E-state index contributed by atoms with van der Waals surface area (Å²) in [7, 11) is 1.55. The molecule has 0 radical (unpaired) electrons. The number of benzene rings is 2. The van der Waals surface area contributed by atoms with Crippen LogP contribution < -0.4 is 10.4 Å². The van der Waals surface area contributed by atoms with Crippen molar-refractivity contribution in [1.82, 2.24) is 19.8 Å². The Kier molecular flexibility index (Phi) is 4.96. The van der Waals surface area contributed by atoms with E-state index in [0.717, 1.165) is 21.2 Å². The van der Waals surface area contributed by atoms with E-state index in [-0.39, 0.29) is 12.3 Å². The lowest BCUT2D eigenvalue weighted by Gasteiger charge is -2.14. The molecule has 0 spiro atoms. The lowest BCUT2D eigenvalue weighted by Crippen LogP contribution is -2.23. The predicted octanol–water partition coefficient (Wildman–Crippen LogP) is 3.58. The highest BCUT2D eigenvalue weighted by Gasteiger charge is 2.15. The molecule has 25 heavy (non-hydrogen) atoms. The second kappa shape index (κ2) is 7.01. The van der Waals surface area contributed by atoms with Crippen LogP contribution in [0.5, 0.6) is 5.75 Å². The third-order valence-electron chi connectivity index (χ3n) is 3.96. The van der Waals surface area contributed by atoms with E-state index in [4.69, 9.17) is 16.3 Å². The van der Waals surface area contributed by atoms with E-state index in [0.29, 0.717) is 16.5 Å². The van der Waals surface area contributed by atoms with E-state index < -0.39 is 0 Å². The molecule has 3 rings (SSSR count). The Bertz CT molecular complexity index is 997. The minimum atomic E-state index is -0.330. The van der Waals surface area contributed by atoms with Gasteiger partial charge in [0, 0.05) is 17.1 Å². The van der Waals surface area contributed by atoms with Crippen LogP contribution >= 0.6 is 27.5 Å². The summed E-state index contributed by atoms with van der Waals surface area (Å²) in [4.78, 5) is 12.2. The first-order chi connectivity index (χ1) is 11.9. The van der Waals surface area contributed by atoms with Crippen molar-refractivity contribution in [3.05, 3.63) is 67.0 Å². The summed E-state index contributed by atoms with van der Waals surface area (Å²) in [6.07, 6.45) is 0. The fourth-order valence-electron chi connectivity index (χ4n) is 2.37. The first-order valence-electron chi connectivity index (χ1n) is 7.55. The molecule has 0 N–H and O–H groups in total. The molecule has 1 aromatic heterocycles. The maximum atomic E-state index is 12.2. The maximum Gasteiger partial charge on any atom is 0.368 e. The predicted molar refractivity (Wildman–Crippen MR) is 99.6 cm³/mol. The third kappa shape index (κ3) is 3.48. The average molecular weight is 424 g/mol. The molecule has 0 saturated heterocycles. The largest absolute Gasteiger partial charge is 0.487 e. The number of tetrazole rings is 1. The molecule has 0 bridgehead atoms. The van der Waals surface area contributed by atoms with E-state index in [1.54, 1.807) is 13.1 Å². The molecular formula is C17H16BrClN4O2. The van der Waals surface area contributed by atoms with Crippen LogP contribution in [0.4, 0.5) is 0 Å². The van der Waals surface area contributed by atoms with Gasteiger partial charge in [0.1, 0.15) is 12.4 Å². The van der Waals surface area contributed by atoms with Crippen molar-refractivity contribution in [1.29, 1.82) is 0 Å². The highest BCUT2D eigenvalue weighted by Crippen LogP contribution is 2.30. The van der Waals surface area contributed by atoms with Crippen LogP contribution in [0.2, 0.25) is 5.02 Å². The normalized spacial score (nSPS) is 10.9. The second-order valence-corrected chi connectivity index (χ2v) is 6.95. The summed E-state index contributed by atoms with van der Waals surface area (Å²) >= 11 is 9.79. The average Bonchev–Trinajstić information content (AvgIpc) is 2.90. The zero-order valence-electron chi connectivity index (χ0n) is 14.0. The molecule has 0 aliphatic rings. The lowest BCUT2D eigenvalue weighted by atomic mass is 10.1. The van der Waals surface area contributed by atoms with Gasteiger partial charge in [-0.3, -0.25) is 0 Å². The Morgan fingerprint density at radius 1 is 1.20 bits per heavy atom. The highest BCUT2D eigenvalue weighted by atomic mass is 79.9. The van der Waals surface area contributed by atoms with E-state index in [1.165, 1.54) is 9.36 Å². The van der Waals surface area contributed by atoms with Crippen LogP contribution in [0.25, 0.3) is 5.69 Å². The Hall–Kier alpha value is -2.12. The Balaban J connectivity index is 1.97. The zero-order valence-corrected chi connectivity index (χ0v) is 16.3. The van der Waals surface area contributed by atoms with Gasteiger partial charge in [-0.25, -0.2) is 4.79 Å². The van der Waals surface area contributed by atoms with Gasteiger partial charge < -0.3 is 4.74 Å². The molecule has 1 heterocycles. The van der Waals surface area contributed by atoms with E-state index in [2.05, 4.69) is 26.4 Å². The minimum absolute atomic E-state index is 0.224. The summed E-state index contributed by atoms with van der Waals surface area (Å²) in [5, 5.41) is 8.21. The minimum Gasteiger partial charge on any atom is -0.487 e.